The molecule has 0 bridgehead atoms. The molecule has 0 amide bonds. The number of hydrogen-bond acceptors (Lipinski definition) is 5. The molecule has 1 aliphatic carbocycles. The smallest absolute Gasteiger partial charge is 0.312 e. The number of rotatable bonds is 4. The first kappa shape index (κ1) is 15.7. The minimum Gasteiger partial charge on any atom is -0.469 e. The van der Waals surface area contributed by atoms with Crippen LogP contribution >= 0.6 is 0 Å². The van der Waals surface area contributed by atoms with Crippen LogP contribution in [0.4, 0.5) is 0 Å². The van der Waals surface area contributed by atoms with Crippen LogP contribution in [-0.4, -0.2) is 56.6 Å². The Bertz CT molecular complexity index is 340. The highest BCUT2D eigenvalue weighted by Crippen LogP contribution is 2.37. The molecule has 0 atom stereocenters. The second-order valence-corrected chi connectivity index (χ2v) is 6.63. The van der Waals surface area contributed by atoms with Crippen LogP contribution in [0, 0.1) is 5.41 Å². The molecule has 1 saturated heterocycles. The second-order valence-electron chi connectivity index (χ2n) is 6.63. The maximum Gasteiger partial charge on any atom is 0.312 e. The van der Waals surface area contributed by atoms with Gasteiger partial charge in [0.15, 0.2) is 5.79 Å². The zero-order chi connectivity index (χ0) is 14.8. The van der Waals surface area contributed by atoms with Crippen molar-refractivity contribution in [2.75, 3.05) is 33.9 Å². The van der Waals surface area contributed by atoms with Crippen LogP contribution in [0.2, 0.25) is 0 Å². The summed E-state index contributed by atoms with van der Waals surface area (Å²) in [5, 5.41) is 0. The number of methoxy groups -OCH3 is 1. The van der Waals surface area contributed by atoms with E-state index in [9.17, 15) is 4.79 Å². The highest BCUT2D eigenvalue weighted by Gasteiger charge is 2.42. The Hall–Kier alpha value is -0.650. The predicted octanol–water partition coefficient (Wildman–Crippen LogP) is 1.80. The number of hydrogen-bond donors (Lipinski definition) is 0. The Morgan fingerprint density at radius 1 is 1.30 bits per heavy atom. The molecule has 0 aromatic carbocycles. The first-order chi connectivity index (χ1) is 9.38. The molecular weight excluding hydrogens is 258 g/mol. The van der Waals surface area contributed by atoms with E-state index in [1.807, 2.05) is 13.8 Å². The molecule has 0 N–H and O–H groups in total. The summed E-state index contributed by atoms with van der Waals surface area (Å²) in [6.07, 6.45) is 3.99. The van der Waals surface area contributed by atoms with Crippen molar-refractivity contribution in [1.29, 1.82) is 0 Å². The van der Waals surface area contributed by atoms with Gasteiger partial charge in [-0.15, -0.1) is 0 Å². The third-order valence-corrected chi connectivity index (χ3v) is 4.54. The van der Waals surface area contributed by atoms with Gasteiger partial charge in [0.1, 0.15) is 0 Å². The lowest BCUT2D eigenvalue weighted by atomic mass is 9.87. The lowest BCUT2D eigenvalue weighted by Crippen LogP contribution is -2.47. The molecule has 0 aromatic rings. The minimum absolute atomic E-state index is 0.154. The van der Waals surface area contributed by atoms with E-state index in [1.54, 1.807) is 0 Å². The number of esters is 1. The fourth-order valence-electron chi connectivity index (χ4n) is 3.36. The van der Waals surface area contributed by atoms with Gasteiger partial charge in [0, 0.05) is 25.4 Å². The highest BCUT2D eigenvalue weighted by atomic mass is 16.7. The molecule has 0 radical (unpaired) electrons. The molecule has 2 fully saturated rings. The quantitative estimate of drug-likeness (QED) is 0.737. The van der Waals surface area contributed by atoms with Crippen molar-refractivity contribution < 1.29 is 19.0 Å². The molecule has 1 aliphatic heterocycles. The molecule has 116 valence electrons. The Morgan fingerprint density at radius 2 is 1.85 bits per heavy atom. The lowest BCUT2D eigenvalue weighted by molar-refractivity contribution is -0.184. The largest absolute Gasteiger partial charge is 0.469 e. The molecule has 0 unspecified atom stereocenters. The van der Waals surface area contributed by atoms with Crippen LogP contribution in [0.5, 0.6) is 0 Å². The first-order valence-electron chi connectivity index (χ1n) is 7.45. The van der Waals surface area contributed by atoms with Crippen LogP contribution in [-0.2, 0) is 19.0 Å². The van der Waals surface area contributed by atoms with Crippen LogP contribution < -0.4 is 0 Å². The maximum atomic E-state index is 11.8. The van der Waals surface area contributed by atoms with E-state index in [1.165, 1.54) is 7.11 Å². The molecule has 1 saturated carbocycles. The van der Waals surface area contributed by atoms with Crippen LogP contribution in [0.3, 0.4) is 0 Å². The van der Waals surface area contributed by atoms with Crippen LogP contribution in [0.1, 0.15) is 39.5 Å². The summed E-state index contributed by atoms with van der Waals surface area (Å²) < 4.78 is 16.4. The molecule has 5 nitrogen and oxygen atoms in total. The van der Waals surface area contributed by atoms with E-state index in [-0.39, 0.29) is 11.8 Å². The molecule has 1 heterocycles. The standard InChI is InChI=1S/C15H27NO4/c1-14(2,13(17)18-4)11-16(3)12-5-7-15(8-6-12)19-9-10-20-15/h12H,5-11H2,1-4H3. The summed E-state index contributed by atoms with van der Waals surface area (Å²) >= 11 is 0. The molecule has 0 aromatic heterocycles. The zero-order valence-electron chi connectivity index (χ0n) is 13.1. The third kappa shape index (κ3) is 3.32. The molecule has 5 heteroatoms. The van der Waals surface area contributed by atoms with Gasteiger partial charge in [0.05, 0.1) is 25.7 Å². The van der Waals surface area contributed by atoms with Gasteiger partial charge in [0.2, 0.25) is 0 Å². The Labute approximate surface area is 121 Å². The molecule has 1 spiro atoms. The maximum absolute atomic E-state index is 11.8. The summed E-state index contributed by atoms with van der Waals surface area (Å²) in [5.74, 6) is -0.464. The van der Waals surface area contributed by atoms with Crippen molar-refractivity contribution in [2.45, 2.75) is 51.4 Å². The lowest BCUT2D eigenvalue weighted by Gasteiger charge is -2.40. The predicted molar refractivity (Wildman–Crippen MR) is 75.3 cm³/mol. The fourth-order valence-corrected chi connectivity index (χ4v) is 3.36. The number of carbonyl (C=O) groups excluding carboxylic acids is 1. The number of nitrogens with zero attached hydrogens (tertiary/aromatic N) is 1. The van der Waals surface area contributed by atoms with E-state index in [2.05, 4.69) is 11.9 Å². The Balaban J connectivity index is 1.85. The summed E-state index contributed by atoms with van der Waals surface area (Å²) in [5.41, 5.74) is -0.473. The number of carbonyl (C=O) groups is 1. The highest BCUT2D eigenvalue weighted by molar-refractivity contribution is 5.76. The Kier molecular flexibility index (Phi) is 4.72. The zero-order valence-corrected chi connectivity index (χ0v) is 13.1. The van der Waals surface area contributed by atoms with Crippen molar-refractivity contribution in [2.24, 2.45) is 5.41 Å². The van der Waals surface area contributed by atoms with E-state index in [0.717, 1.165) is 38.9 Å². The molecular formula is C15H27NO4. The summed E-state index contributed by atoms with van der Waals surface area (Å²) in [6, 6.07) is 0.484. The van der Waals surface area contributed by atoms with Gasteiger partial charge in [-0.05, 0) is 33.7 Å². The topological polar surface area (TPSA) is 48.0 Å². The van der Waals surface area contributed by atoms with E-state index >= 15 is 0 Å². The van der Waals surface area contributed by atoms with Gasteiger partial charge < -0.3 is 19.1 Å². The first-order valence-corrected chi connectivity index (χ1v) is 7.45. The van der Waals surface area contributed by atoms with Gasteiger partial charge in [-0.2, -0.15) is 0 Å². The van der Waals surface area contributed by atoms with Crippen molar-refractivity contribution in [3.05, 3.63) is 0 Å². The van der Waals surface area contributed by atoms with Gasteiger partial charge >= 0.3 is 5.97 Å². The van der Waals surface area contributed by atoms with Crippen molar-refractivity contribution in [3.63, 3.8) is 0 Å². The van der Waals surface area contributed by atoms with E-state index in [0.29, 0.717) is 12.6 Å². The summed E-state index contributed by atoms with van der Waals surface area (Å²) in [7, 11) is 3.53. The minimum atomic E-state index is -0.473. The van der Waals surface area contributed by atoms with Crippen molar-refractivity contribution in [1.82, 2.24) is 4.90 Å². The summed E-state index contributed by atoms with van der Waals surface area (Å²) in [6.45, 7) is 6.01. The fraction of sp³-hybridized carbons (Fsp3) is 0.933. The average molecular weight is 285 g/mol. The molecule has 2 rings (SSSR count). The van der Waals surface area contributed by atoms with Gasteiger partial charge in [-0.3, -0.25) is 4.79 Å². The molecule has 20 heavy (non-hydrogen) atoms. The second kappa shape index (κ2) is 6.00. The summed E-state index contributed by atoms with van der Waals surface area (Å²) in [4.78, 5) is 14.0. The van der Waals surface area contributed by atoms with E-state index in [4.69, 9.17) is 14.2 Å². The normalized spacial score (nSPS) is 23.4. The van der Waals surface area contributed by atoms with Crippen LogP contribution in [0.25, 0.3) is 0 Å². The van der Waals surface area contributed by atoms with E-state index < -0.39 is 5.41 Å². The molecule has 2 aliphatic rings. The SMILES string of the molecule is COC(=O)C(C)(C)CN(C)C1CCC2(CC1)OCCO2. The monoisotopic (exact) mass is 285 g/mol. The van der Waals surface area contributed by atoms with Gasteiger partial charge in [-0.25, -0.2) is 0 Å². The van der Waals surface area contributed by atoms with Crippen LogP contribution in [0.15, 0.2) is 0 Å². The van der Waals surface area contributed by atoms with Gasteiger partial charge in [-0.1, -0.05) is 0 Å². The van der Waals surface area contributed by atoms with Gasteiger partial charge in [0.25, 0.3) is 0 Å². The van der Waals surface area contributed by atoms with Crippen molar-refractivity contribution >= 4 is 5.97 Å². The van der Waals surface area contributed by atoms with Crippen molar-refractivity contribution in [3.8, 4) is 0 Å². The third-order valence-electron chi connectivity index (χ3n) is 4.54. The Morgan fingerprint density at radius 3 is 2.35 bits per heavy atom. The average Bonchev–Trinajstić information content (AvgIpc) is 2.86. The number of ether oxygens (including phenoxy) is 3.